The van der Waals surface area contributed by atoms with Gasteiger partial charge in [-0.1, -0.05) is 12.1 Å². The molecule has 0 unspecified atom stereocenters. The number of alkyl halides is 3. The highest BCUT2D eigenvalue weighted by molar-refractivity contribution is 5.96. The van der Waals surface area contributed by atoms with Crippen LogP contribution in [-0.4, -0.2) is 66.9 Å². The van der Waals surface area contributed by atoms with Crippen molar-refractivity contribution in [1.29, 1.82) is 0 Å². The lowest BCUT2D eigenvalue weighted by atomic mass is 9.69. The zero-order chi connectivity index (χ0) is 26.4. The van der Waals surface area contributed by atoms with Crippen LogP contribution in [0.2, 0.25) is 0 Å². The van der Waals surface area contributed by atoms with Gasteiger partial charge in [0.25, 0.3) is 0 Å². The van der Waals surface area contributed by atoms with Gasteiger partial charge in [-0.3, -0.25) is 9.80 Å². The van der Waals surface area contributed by atoms with Gasteiger partial charge in [0, 0.05) is 11.5 Å². The second-order valence-electron chi connectivity index (χ2n) is 10.3. The topological polar surface area (TPSA) is 79.8 Å². The van der Waals surface area contributed by atoms with Gasteiger partial charge in [0.1, 0.15) is 11.5 Å². The molecule has 3 heterocycles. The number of benzene rings is 1. The van der Waals surface area contributed by atoms with Gasteiger partial charge in [-0.2, -0.15) is 18.2 Å². The van der Waals surface area contributed by atoms with E-state index in [4.69, 9.17) is 9.47 Å². The van der Waals surface area contributed by atoms with Crippen molar-refractivity contribution in [2.24, 2.45) is 5.92 Å². The van der Waals surface area contributed by atoms with E-state index in [0.29, 0.717) is 38.9 Å². The standard InChI is InChI=1S/C25H29F4N5O3/c1-33(2)24(17-4-3-5-18(26)10-17)8-6-23(7-9-24)15-34(22(35)32-23)19-11-30-21(25(27,28)29)31-20(19)37-14-16-12-36-13-16/h3-5,10-11,16H,6-9,12-15H2,1-2H3,(H,32,35). The Morgan fingerprint density at radius 3 is 2.54 bits per heavy atom. The lowest BCUT2D eigenvalue weighted by molar-refractivity contribution is -0.145. The Kier molecular flexibility index (Phi) is 6.51. The molecule has 200 valence electrons. The Labute approximate surface area is 212 Å². The molecule has 5 rings (SSSR count). The molecule has 0 radical (unpaired) electrons. The summed E-state index contributed by atoms with van der Waals surface area (Å²) < 4.78 is 64.7. The van der Waals surface area contributed by atoms with E-state index in [1.807, 2.05) is 20.2 Å². The molecule has 37 heavy (non-hydrogen) atoms. The van der Waals surface area contributed by atoms with Crippen LogP contribution in [-0.2, 0) is 16.5 Å². The Hall–Kier alpha value is -2.99. The predicted octanol–water partition coefficient (Wildman–Crippen LogP) is 3.96. The molecule has 1 N–H and O–H groups in total. The monoisotopic (exact) mass is 523 g/mol. The molecule has 2 aliphatic heterocycles. The predicted molar refractivity (Wildman–Crippen MR) is 126 cm³/mol. The molecule has 1 aliphatic carbocycles. The summed E-state index contributed by atoms with van der Waals surface area (Å²) in [6.07, 6.45) is -1.23. The van der Waals surface area contributed by atoms with Gasteiger partial charge in [-0.15, -0.1) is 0 Å². The first-order valence-corrected chi connectivity index (χ1v) is 12.2. The molecular weight excluding hydrogens is 494 g/mol. The highest BCUT2D eigenvalue weighted by atomic mass is 19.4. The number of hydrogen-bond donors (Lipinski definition) is 1. The van der Waals surface area contributed by atoms with E-state index in [-0.39, 0.29) is 36.5 Å². The number of anilines is 1. The van der Waals surface area contributed by atoms with E-state index in [0.717, 1.165) is 11.8 Å². The molecule has 2 aromatic rings. The van der Waals surface area contributed by atoms with Crippen LogP contribution in [0.15, 0.2) is 30.5 Å². The van der Waals surface area contributed by atoms with Gasteiger partial charge in [-0.05, 0) is 57.5 Å². The fourth-order valence-corrected chi connectivity index (χ4v) is 5.47. The van der Waals surface area contributed by atoms with Crippen molar-refractivity contribution in [1.82, 2.24) is 20.2 Å². The number of aromatic nitrogens is 2. The maximum atomic E-state index is 14.0. The highest BCUT2D eigenvalue weighted by Crippen LogP contribution is 2.47. The average molecular weight is 524 g/mol. The quantitative estimate of drug-likeness (QED) is 0.578. The zero-order valence-electron chi connectivity index (χ0n) is 20.6. The molecule has 1 aromatic heterocycles. The Bertz CT molecular complexity index is 1160. The van der Waals surface area contributed by atoms with Gasteiger partial charge in [-0.25, -0.2) is 14.2 Å². The van der Waals surface area contributed by atoms with Crippen LogP contribution in [0.4, 0.5) is 28.0 Å². The number of carbonyl (C=O) groups excluding carboxylic acids is 1. The van der Waals surface area contributed by atoms with Gasteiger partial charge in [0.15, 0.2) is 0 Å². The van der Waals surface area contributed by atoms with E-state index >= 15 is 0 Å². The van der Waals surface area contributed by atoms with Gasteiger partial charge < -0.3 is 14.8 Å². The van der Waals surface area contributed by atoms with E-state index in [1.165, 1.54) is 11.0 Å². The van der Waals surface area contributed by atoms with Crippen LogP contribution < -0.4 is 15.0 Å². The smallest absolute Gasteiger partial charge is 0.451 e. The van der Waals surface area contributed by atoms with E-state index in [2.05, 4.69) is 20.2 Å². The molecule has 12 heteroatoms. The Morgan fingerprint density at radius 2 is 1.95 bits per heavy atom. The first kappa shape index (κ1) is 25.7. The summed E-state index contributed by atoms with van der Waals surface area (Å²) in [6, 6.07) is 6.13. The third-order valence-electron chi connectivity index (χ3n) is 7.77. The van der Waals surface area contributed by atoms with Crippen LogP contribution in [0.25, 0.3) is 0 Å². The van der Waals surface area contributed by atoms with Gasteiger partial charge >= 0.3 is 12.2 Å². The fraction of sp³-hybridized carbons (Fsp3) is 0.560. The normalized spacial score (nSPS) is 26.5. The zero-order valence-corrected chi connectivity index (χ0v) is 20.6. The van der Waals surface area contributed by atoms with Crippen LogP contribution in [0.1, 0.15) is 37.1 Å². The summed E-state index contributed by atoms with van der Waals surface area (Å²) in [5, 5.41) is 3.06. The SMILES string of the molecule is CN(C)C1(c2cccc(F)c2)CCC2(CC1)CN(c1cnc(C(F)(F)F)nc1OCC1COC1)C(=O)N2. The van der Waals surface area contributed by atoms with Crippen molar-refractivity contribution in [3.63, 3.8) is 0 Å². The molecule has 1 spiro atoms. The molecule has 2 saturated heterocycles. The summed E-state index contributed by atoms with van der Waals surface area (Å²) in [5.74, 6) is -1.85. The van der Waals surface area contributed by atoms with Crippen LogP contribution in [0.5, 0.6) is 5.88 Å². The third-order valence-corrected chi connectivity index (χ3v) is 7.77. The minimum absolute atomic E-state index is 0.0521. The van der Waals surface area contributed by atoms with Crippen molar-refractivity contribution in [3.8, 4) is 5.88 Å². The molecule has 0 atom stereocenters. The van der Waals surface area contributed by atoms with Crippen molar-refractivity contribution in [2.45, 2.75) is 42.9 Å². The maximum absolute atomic E-state index is 14.0. The average Bonchev–Trinajstić information content (AvgIpc) is 3.13. The number of amides is 2. The highest BCUT2D eigenvalue weighted by Gasteiger charge is 2.51. The van der Waals surface area contributed by atoms with Crippen molar-refractivity contribution in [3.05, 3.63) is 47.7 Å². The molecule has 1 saturated carbocycles. The third kappa shape index (κ3) is 4.84. The van der Waals surface area contributed by atoms with Gasteiger partial charge in [0.2, 0.25) is 11.7 Å². The number of ether oxygens (including phenoxy) is 2. The maximum Gasteiger partial charge on any atom is 0.451 e. The lowest BCUT2D eigenvalue weighted by Gasteiger charge is -2.48. The molecule has 2 amide bonds. The van der Waals surface area contributed by atoms with E-state index in [1.54, 1.807) is 12.1 Å². The second-order valence-corrected chi connectivity index (χ2v) is 10.3. The molecular formula is C25H29F4N5O3. The Morgan fingerprint density at radius 1 is 1.22 bits per heavy atom. The first-order valence-electron chi connectivity index (χ1n) is 12.2. The largest absolute Gasteiger partial charge is 0.476 e. The van der Waals surface area contributed by atoms with E-state index in [9.17, 15) is 22.4 Å². The first-order chi connectivity index (χ1) is 17.5. The van der Waals surface area contributed by atoms with Gasteiger partial charge in [0.05, 0.1) is 38.1 Å². The minimum Gasteiger partial charge on any atom is -0.476 e. The second kappa shape index (κ2) is 9.39. The number of nitrogens with zero attached hydrogens (tertiary/aromatic N) is 4. The van der Waals surface area contributed by atoms with Crippen LogP contribution in [0.3, 0.4) is 0 Å². The summed E-state index contributed by atoms with van der Waals surface area (Å²) in [7, 11) is 3.91. The summed E-state index contributed by atoms with van der Waals surface area (Å²) in [6.45, 7) is 1.27. The molecule has 1 aromatic carbocycles. The van der Waals surface area contributed by atoms with Crippen LogP contribution >= 0.6 is 0 Å². The summed E-state index contributed by atoms with van der Waals surface area (Å²) in [5.41, 5.74) is -0.0224. The summed E-state index contributed by atoms with van der Waals surface area (Å²) >= 11 is 0. The molecule has 3 aliphatic rings. The van der Waals surface area contributed by atoms with Crippen molar-refractivity contribution >= 4 is 11.7 Å². The van der Waals surface area contributed by atoms with Crippen molar-refractivity contribution in [2.75, 3.05) is 45.4 Å². The molecule has 0 bridgehead atoms. The molecule has 3 fully saturated rings. The summed E-state index contributed by atoms with van der Waals surface area (Å²) in [4.78, 5) is 23.6. The number of rotatable bonds is 6. The van der Waals surface area contributed by atoms with Crippen molar-refractivity contribution < 1.29 is 31.8 Å². The number of carbonyl (C=O) groups is 1. The lowest BCUT2D eigenvalue weighted by Crippen LogP contribution is -2.54. The number of nitrogens with one attached hydrogen (secondary N) is 1. The van der Waals surface area contributed by atoms with E-state index < -0.39 is 29.1 Å². The number of urea groups is 1. The molecule has 8 nitrogen and oxygen atoms in total. The number of hydrogen-bond acceptors (Lipinski definition) is 6. The number of halogens is 4. The van der Waals surface area contributed by atoms with Crippen LogP contribution in [0, 0.1) is 11.7 Å². The fourth-order valence-electron chi connectivity index (χ4n) is 5.47. The Balaban J connectivity index is 1.38. The minimum atomic E-state index is -4.75.